The van der Waals surface area contributed by atoms with Crippen molar-refractivity contribution >= 4 is 17.4 Å². The minimum absolute atomic E-state index is 0.0148. The number of nitrogens with zero attached hydrogens (tertiary/aromatic N) is 3. The zero-order valence-electron chi connectivity index (χ0n) is 12.7. The lowest BCUT2D eigenvalue weighted by molar-refractivity contribution is -0.116. The van der Waals surface area contributed by atoms with E-state index in [2.05, 4.69) is 0 Å². The number of rotatable bonds is 3. The van der Waals surface area contributed by atoms with Gasteiger partial charge in [-0.1, -0.05) is 30.3 Å². The smallest absolute Gasteiger partial charge is 0.332 e. The van der Waals surface area contributed by atoms with Crippen LogP contribution in [0.2, 0.25) is 0 Å². The molecule has 0 aliphatic rings. The van der Waals surface area contributed by atoms with Crippen molar-refractivity contribution in [3.63, 3.8) is 0 Å². The molecule has 7 nitrogen and oxygen atoms in total. The molecule has 0 aliphatic heterocycles. The molecule has 2 rings (SSSR count). The summed E-state index contributed by atoms with van der Waals surface area (Å²) in [6.07, 6.45) is 0. The summed E-state index contributed by atoms with van der Waals surface area (Å²) in [6.45, 7) is 1.56. The maximum atomic E-state index is 12.4. The van der Waals surface area contributed by atoms with Crippen molar-refractivity contribution in [2.24, 2.45) is 14.1 Å². The van der Waals surface area contributed by atoms with E-state index in [4.69, 9.17) is 5.73 Å². The van der Waals surface area contributed by atoms with E-state index < -0.39 is 11.2 Å². The van der Waals surface area contributed by atoms with Gasteiger partial charge in [0, 0.05) is 21.0 Å². The Hall–Kier alpha value is -2.83. The van der Waals surface area contributed by atoms with Crippen LogP contribution in [0, 0.1) is 0 Å². The first kappa shape index (κ1) is 15.6. The summed E-state index contributed by atoms with van der Waals surface area (Å²) in [7, 11) is 2.82. The molecular formula is C15H18N4O3. The van der Waals surface area contributed by atoms with Gasteiger partial charge >= 0.3 is 5.69 Å². The van der Waals surface area contributed by atoms with Crippen LogP contribution in [0.3, 0.4) is 0 Å². The lowest BCUT2D eigenvalue weighted by Crippen LogP contribution is -2.43. The first-order chi connectivity index (χ1) is 10.3. The van der Waals surface area contributed by atoms with Gasteiger partial charge < -0.3 is 10.6 Å². The molecule has 1 amide bonds. The highest BCUT2D eigenvalue weighted by Crippen LogP contribution is 2.19. The third kappa shape index (κ3) is 2.65. The molecule has 0 saturated carbocycles. The number of aromatic nitrogens is 2. The number of anilines is 2. The highest BCUT2D eigenvalue weighted by molar-refractivity contribution is 5.93. The van der Waals surface area contributed by atoms with E-state index in [9.17, 15) is 14.4 Å². The average molecular weight is 302 g/mol. The second-order valence-corrected chi connectivity index (χ2v) is 5.03. The van der Waals surface area contributed by atoms with E-state index >= 15 is 0 Å². The Morgan fingerprint density at radius 1 is 1.14 bits per heavy atom. The summed E-state index contributed by atoms with van der Waals surface area (Å²) >= 11 is 0. The Bertz CT molecular complexity index is 821. The van der Waals surface area contributed by atoms with Gasteiger partial charge in [0.05, 0.1) is 6.54 Å². The number of nitrogen functional groups attached to an aromatic ring is 1. The van der Waals surface area contributed by atoms with E-state index in [1.807, 2.05) is 30.3 Å². The van der Waals surface area contributed by atoms with E-state index in [0.717, 1.165) is 14.7 Å². The average Bonchev–Trinajstić information content (AvgIpc) is 2.51. The molecule has 2 aromatic rings. The molecule has 0 saturated heterocycles. The predicted octanol–water partition coefficient (Wildman–Crippen LogP) is 0.219. The first-order valence-corrected chi connectivity index (χ1v) is 6.72. The maximum absolute atomic E-state index is 12.4. The highest BCUT2D eigenvalue weighted by Gasteiger charge is 2.22. The van der Waals surface area contributed by atoms with Gasteiger partial charge in [0.15, 0.2) is 5.69 Å². The van der Waals surface area contributed by atoms with Crippen molar-refractivity contribution < 1.29 is 4.79 Å². The maximum Gasteiger partial charge on any atom is 0.332 e. The second kappa shape index (κ2) is 5.88. The largest absolute Gasteiger partial charge is 0.383 e. The molecule has 2 N–H and O–H groups in total. The van der Waals surface area contributed by atoms with Gasteiger partial charge in [-0.2, -0.15) is 0 Å². The second-order valence-electron chi connectivity index (χ2n) is 5.03. The Morgan fingerprint density at radius 2 is 1.73 bits per heavy atom. The van der Waals surface area contributed by atoms with Gasteiger partial charge in [0.2, 0.25) is 5.91 Å². The number of carbonyl (C=O) groups is 1. The minimum Gasteiger partial charge on any atom is -0.383 e. The van der Waals surface area contributed by atoms with Crippen LogP contribution in [0.25, 0.3) is 0 Å². The first-order valence-electron chi connectivity index (χ1n) is 6.72. The molecule has 116 valence electrons. The lowest BCUT2D eigenvalue weighted by Gasteiger charge is -2.23. The number of benzene rings is 1. The van der Waals surface area contributed by atoms with Gasteiger partial charge in [0.25, 0.3) is 5.56 Å². The van der Waals surface area contributed by atoms with E-state index in [1.165, 1.54) is 25.9 Å². The van der Waals surface area contributed by atoms with Gasteiger partial charge in [-0.05, 0) is 5.56 Å². The monoisotopic (exact) mass is 302 g/mol. The number of nitrogens with two attached hydrogens (primary N) is 1. The quantitative estimate of drug-likeness (QED) is 0.878. The highest BCUT2D eigenvalue weighted by atomic mass is 16.2. The third-order valence-corrected chi connectivity index (χ3v) is 3.52. The SMILES string of the molecule is CC(=O)N(Cc1ccccc1)c1c(N)n(C)c(=O)n(C)c1=O. The van der Waals surface area contributed by atoms with Crippen LogP contribution < -0.4 is 21.9 Å². The molecule has 0 radical (unpaired) electrons. The van der Waals surface area contributed by atoms with E-state index in [0.29, 0.717) is 0 Å². The van der Waals surface area contributed by atoms with Crippen LogP contribution in [0.4, 0.5) is 11.5 Å². The molecule has 7 heteroatoms. The van der Waals surface area contributed by atoms with Crippen molar-refractivity contribution in [3.8, 4) is 0 Å². The Balaban J connectivity index is 2.62. The topological polar surface area (TPSA) is 90.3 Å². The molecule has 1 aromatic heterocycles. The molecule has 0 fully saturated rings. The van der Waals surface area contributed by atoms with Crippen LogP contribution in [0.15, 0.2) is 39.9 Å². The molecule has 0 aliphatic carbocycles. The summed E-state index contributed by atoms with van der Waals surface area (Å²) < 4.78 is 2.09. The van der Waals surface area contributed by atoms with Gasteiger partial charge in [-0.15, -0.1) is 0 Å². The summed E-state index contributed by atoms with van der Waals surface area (Å²) in [6, 6.07) is 9.24. The van der Waals surface area contributed by atoms with E-state index in [-0.39, 0.29) is 24.0 Å². The molecule has 1 heterocycles. The number of carbonyl (C=O) groups excluding carboxylic acids is 1. The number of hydrogen-bond acceptors (Lipinski definition) is 4. The molecule has 0 unspecified atom stereocenters. The van der Waals surface area contributed by atoms with Crippen molar-refractivity contribution in [3.05, 3.63) is 56.7 Å². The summed E-state index contributed by atoms with van der Waals surface area (Å²) in [4.78, 5) is 37.5. The normalized spacial score (nSPS) is 10.5. The lowest BCUT2D eigenvalue weighted by atomic mass is 10.2. The minimum atomic E-state index is -0.591. The zero-order chi connectivity index (χ0) is 16.4. The van der Waals surface area contributed by atoms with Crippen molar-refractivity contribution in [1.82, 2.24) is 9.13 Å². The Kier molecular flexibility index (Phi) is 4.16. The number of hydrogen-bond donors (Lipinski definition) is 1. The summed E-state index contributed by atoms with van der Waals surface area (Å²) in [5.74, 6) is -0.356. The summed E-state index contributed by atoms with van der Waals surface area (Å²) in [5.41, 5.74) is 5.65. The Morgan fingerprint density at radius 3 is 2.27 bits per heavy atom. The molecule has 0 spiro atoms. The fraction of sp³-hybridized carbons (Fsp3) is 0.267. The van der Waals surface area contributed by atoms with Crippen molar-refractivity contribution in [1.29, 1.82) is 0 Å². The van der Waals surface area contributed by atoms with Crippen LogP contribution >= 0.6 is 0 Å². The van der Waals surface area contributed by atoms with Crippen molar-refractivity contribution in [2.75, 3.05) is 10.6 Å². The van der Waals surface area contributed by atoms with Crippen molar-refractivity contribution in [2.45, 2.75) is 13.5 Å². The van der Waals surface area contributed by atoms with Crippen LogP contribution in [0.5, 0.6) is 0 Å². The molecule has 1 aromatic carbocycles. The standard InChI is InChI=1S/C15H18N4O3/c1-10(20)19(9-11-7-5-4-6-8-11)12-13(16)17(2)15(22)18(3)14(12)21/h4-8H,9,16H2,1-3H3. The van der Waals surface area contributed by atoms with Gasteiger partial charge in [0.1, 0.15) is 5.82 Å². The van der Waals surface area contributed by atoms with E-state index in [1.54, 1.807) is 0 Å². The molecule has 0 bridgehead atoms. The van der Waals surface area contributed by atoms with Crippen LogP contribution in [-0.2, 0) is 25.4 Å². The predicted molar refractivity (Wildman–Crippen MR) is 84.6 cm³/mol. The van der Waals surface area contributed by atoms with Crippen LogP contribution in [-0.4, -0.2) is 15.0 Å². The molecule has 22 heavy (non-hydrogen) atoms. The zero-order valence-corrected chi connectivity index (χ0v) is 12.7. The molecule has 0 atom stereocenters. The van der Waals surface area contributed by atoms with Gasteiger partial charge in [-0.25, -0.2) is 4.79 Å². The molecular weight excluding hydrogens is 284 g/mol. The Labute approximate surface area is 127 Å². The van der Waals surface area contributed by atoms with Gasteiger partial charge in [-0.3, -0.25) is 18.7 Å². The fourth-order valence-corrected chi connectivity index (χ4v) is 2.21. The fourth-order valence-electron chi connectivity index (χ4n) is 2.21. The third-order valence-electron chi connectivity index (χ3n) is 3.52. The number of amides is 1. The van der Waals surface area contributed by atoms with Crippen LogP contribution in [0.1, 0.15) is 12.5 Å². The summed E-state index contributed by atoms with van der Waals surface area (Å²) in [5, 5.41) is 0.